The molecule has 0 spiro atoms. The molecule has 0 fully saturated rings. The van der Waals surface area contributed by atoms with Gasteiger partial charge >= 0.3 is 0 Å². The van der Waals surface area contributed by atoms with Gasteiger partial charge in [-0.3, -0.25) is 0 Å². The number of rotatable bonds is 2. The van der Waals surface area contributed by atoms with Crippen molar-refractivity contribution in [3.05, 3.63) is 65.3 Å². The second-order valence-corrected chi connectivity index (χ2v) is 5.51. The molecule has 4 heteroatoms. The van der Waals surface area contributed by atoms with E-state index in [0.29, 0.717) is 5.89 Å². The summed E-state index contributed by atoms with van der Waals surface area (Å²) in [6.45, 7) is 0. The average Bonchev–Trinajstić information content (AvgIpc) is 3.16. The zero-order chi connectivity index (χ0) is 14.2. The standard InChI is InChI=1S/C17H10BrNO2/c18-13-5-2-1-4-12(13)17-19-14-10-11(7-8-16(14)21-17)15-6-3-9-20-15/h1-10H. The van der Waals surface area contributed by atoms with E-state index in [0.717, 1.165) is 32.5 Å². The molecule has 0 amide bonds. The quantitative estimate of drug-likeness (QED) is 0.482. The van der Waals surface area contributed by atoms with Crippen LogP contribution in [0.25, 0.3) is 33.9 Å². The lowest BCUT2D eigenvalue weighted by Gasteiger charge is -1.97. The van der Waals surface area contributed by atoms with Gasteiger partial charge in [-0.05, 0) is 58.4 Å². The number of aromatic nitrogens is 1. The fourth-order valence-corrected chi connectivity index (χ4v) is 2.73. The third kappa shape index (κ3) is 2.17. The van der Waals surface area contributed by atoms with E-state index in [1.54, 1.807) is 6.26 Å². The summed E-state index contributed by atoms with van der Waals surface area (Å²) < 4.78 is 12.2. The fraction of sp³-hybridized carbons (Fsp3) is 0. The Balaban J connectivity index is 1.85. The van der Waals surface area contributed by atoms with Crippen LogP contribution in [0.15, 0.2) is 74.2 Å². The minimum atomic E-state index is 0.606. The van der Waals surface area contributed by atoms with Crippen LogP contribution in [0.4, 0.5) is 0 Å². The predicted molar refractivity (Wildman–Crippen MR) is 84.8 cm³/mol. The summed E-state index contributed by atoms with van der Waals surface area (Å²) in [5.41, 5.74) is 3.50. The first kappa shape index (κ1) is 12.4. The number of hydrogen-bond acceptors (Lipinski definition) is 3. The Kier molecular flexibility index (Phi) is 2.89. The highest BCUT2D eigenvalue weighted by Gasteiger charge is 2.12. The maximum Gasteiger partial charge on any atom is 0.228 e. The van der Waals surface area contributed by atoms with Gasteiger partial charge in [0.1, 0.15) is 11.3 Å². The van der Waals surface area contributed by atoms with Crippen molar-refractivity contribution in [3.8, 4) is 22.8 Å². The number of halogens is 1. The highest BCUT2D eigenvalue weighted by molar-refractivity contribution is 9.10. The molecule has 0 N–H and O–H groups in total. The molecule has 0 atom stereocenters. The van der Waals surface area contributed by atoms with Crippen molar-refractivity contribution < 1.29 is 8.83 Å². The Bertz CT molecular complexity index is 910. The van der Waals surface area contributed by atoms with E-state index in [-0.39, 0.29) is 0 Å². The van der Waals surface area contributed by atoms with Crippen LogP contribution in [-0.4, -0.2) is 4.98 Å². The molecule has 2 aromatic heterocycles. The smallest absolute Gasteiger partial charge is 0.228 e. The van der Waals surface area contributed by atoms with E-state index < -0.39 is 0 Å². The molecule has 21 heavy (non-hydrogen) atoms. The molecule has 4 rings (SSSR count). The van der Waals surface area contributed by atoms with Gasteiger partial charge < -0.3 is 8.83 Å². The zero-order valence-electron chi connectivity index (χ0n) is 10.9. The van der Waals surface area contributed by atoms with Gasteiger partial charge in [-0.1, -0.05) is 12.1 Å². The SMILES string of the molecule is Brc1ccccc1-c1nc2cc(-c3ccco3)ccc2o1. The highest BCUT2D eigenvalue weighted by Crippen LogP contribution is 2.31. The maximum absolute atomic E-state index is 5.84. The minimum Gasteiger partial charge on any atom is -0.464 e. The van der Waals surface area contributed by atoms with Crippen LogP contribution < -0.4 is 0 Å². The summed E-state index contributed by atoms with van der Waals surface area (Å²) >= 11 is 3.52. The Morgan fingerprint density at radius 3 is 2.67 bits per heavy atom. The van der Waals surface area contributed by atoms with Gasteiger partial charge in [-0.2, -0.15) is 0 Å². The summed E-state index contributed by atoms with van der Waals surface area (Å²) in [5, 5.41) is 0. The van der Waals surface area contributed by atoms with Crippen molar-refractivity contribution in [2.75, 3.05) is 0 Å². The van der Waals surface area contributed by atoms with Crippen LogP contribution in [0.3, 0.4) is 0 Å². The largest absolute Gasteiger partial charge is 0.464 e. The lowest BCUT2D eigenvalue weighted by Crippen LogP contribution is -1.78. The van der Waals surface area contributed by atoms with E-state index in [1.807, 2.05) is 54.6 Å². The Labute approximate surface area is 129 Å². The molecule has 3 nitrogen and oxygen atoms in total. The normalized spacial score (nSPS) is 11.1. The number of oxazole rings is 1. The molecule has 0 aliphatic heterocycles. The van der Waals surface area contributed by atoms with Crippen LogP contribution in [0, 0.1) is 0 Å². The summed E-state index contributed by atoms with van der Waals surface area (Å²) in [6.07, 6.45) is 1.66. The molecule has 0 unspecified atom stereocenters. The fourth-order valence-electron chi connectivity index (χ4n) is 2.27. The van der Waals surface area contributed by atoms with Gasteiger partial charge in [-0.15, -0.1) is 0 Å². The van der Waals surface area contributed by atoms with Crippen molar-refractivity contribution in [1.82, 2.24) is 4.98 Å². The molecule has 102 valence electrons. The van der Waals surface area contributed by atoms with Crippen LogP contribution in [0.1, 0.15) is 0 Å². The van der Waals surface area contributed by atoms with Crippen LogP contribution in [-0.2, 0) is 0 Å². The lowest BCUT2D eigenvalue weighted by atomic mass is 10.1. The molecule has 4 aromatic rings. The van der Waals surface area contributed by atoms with Crippen molar-refractivity contribution in [3.63, 3.8) is 0 Å². The Morgan fingerprint density at radius 2 is 1.86 bits per heavy atom. The maximum atomic E-state index is 5.84. The summed E-state index contributed by atoms with van der Waals surface area (Å²) in [4.78, 5) is 4.58. The lowest BCUT2D eigenvalue weighted by molar-refractivity contribution is 0.582. The number of hydrogen-bond donors (Lipinski definition) is 0. The van der Waals surface area contributed by atoms with Crippen molar-refractivity contribution in [1.29, 1.82) is 0 Å². The third-order valence-electron chi connectivity index (χ3n) is 3.30. The van der Waals surface area contributed by atoms with Crippen molar-refractivity contribution >= 4 is 27.0 Å². The second-order valence-electron chi connectivity index (χ2n) is 4.66. The van der Waals surface area contributed by atoms with E-state index >= 15 is 0 Å². The summed E-state index contributed by atoms with van der Waals surface area (Å²) in [5.74, 6) is 1.43. The van der Waals surface area contributed by atoms with E-state index in [9.17, 15) is 0 Å². The van der Waals surface area contributed by atoms with Gasteiger partial charge in [0, 0.05) is 10.0 Å². The van der Waals surface area contributed by atoms with Gasteiger partial charge in [0.05, 0.1) is 11.8 Å². The van der Waals surface area contributed by atoms with E-state index in [4.69, 9.17) is 8.83 Å². The molecule has 2 heterocycles. The van der Waals surface area contributed by atoms with E-state index in [2.05, 4.69) is 20.9 Å². The number of fused-ring (bicyclic) bond motifs is 1. The second kappa shape index (κ2) is 4.90. The van der Waals surface area contributed by atoms with Gasteiger partial charge in [0.25, 0.3) is 0 Å². The molecule has 2 aromatic carbocycles. The molecule has 0 aliphatic rings. The minimum absolute atomic E-state index is 0.606. The molecular weight excluding hydrogens is 330 g/mol. The number of furan rings is 1. The summed E-state index contributed by atoms with van der Waals surface area (Å²) in [6, 6.07) is 17.5. The number of benzene rings is 2. The molecular formula is C17H10BrNO2. The first-order valence-electron chi connectivity index (χ1n) is 6.50. The van der Waals surface area contributed by atoms with Gasteiger partial charge in [0.2, 0.25) is 5.89 Å². The Hall–Kier alpha value is -2.33. The van der Waals surface area contributed by atoms with Crippen LogP contribution in [0.2, 0.25) is 0 Å². The first-order valence-corrected chi connectivity index (χ1v) is 7.30. The van der Waals surface area contributed by atoms with Crippen LogP contribution >= 0.6 is 15.9 Å². The van der Waals surface area contributed by atoms with Gasteiger partial charge in [-0.25, -0.2) is 4.98 Å². The van der Waals surface area contributed by atoms with Crippen molar-refractivity contribution in [2.24, 2.45) is 0 Å². The number of nitrogens with zero attached hydrogens (tertiary/aromatic N) is 1. The van der Waals surface area contributed by atoms with Gasteiger partial charge in [0.15, 0.2) is 5.58 Å². The van der Waals surface area contributed by atoms with Crippen LogP contribution in [0.5, 0.6) is 0 Å². The Morgan fingerprint density at radius 1 is 0.952 bits per heavy atom. The molecule has 0 aliphatic carbocycles. The monoisotopic (exact) mass is 339 g/mol. The topological polar surface area (TPSA) is 39.2 Å². The first-order chi connectivity index (χ1) is 10.3. The third-order valence-corrected chi connectivity index (χ3v) is 3.99. The molecule has 0 bridgehead atoms. The molecule has 0 saturated carbocycles. The average molecular weight is 340 g/mol. The molecule has 0 saturated heterocycles. The summed E-state index contributed by atoms with van der Waals surface area (Å²) in [7, 11) is 0. The zero-order valence-corrected chi connectivity index (χ0v) is 12.5. The highest BCUT2D eigenvalue weighted by atomic mass is 79.9. The predicted octanol–water partition coefficient (Wildman–Crippen LogP) is 5.52. The molecule has 0 radical (unpaired) electrons. The van der Waals surface area contributed by atoms with E-state index in [1.165, 1.54) is 0 Å². The van der Waals surface area contributed by atoms with Crippen molar-refractivity contribution in [2.45, 2.75) is 0 Å².